The van der Waals surface area contributed by atoms with Crippen LogP contribution in [0.15, 0.2) is 22.7 Å². The minimum atomic E-state index is 0.343. The molecule has 1 fully saturated rings. The molecule has 0 radical (unpaired) electrons. The second kappa shape index (κ2) is 3.78. The van der Waals surface area contributed by atoms with Crippen molar-refractivity contribution >= 4 is 15.9 Å². The molecule has 0 bridgehead atoms. The number of nitrogens with one attached hydrogen (secondary N) is 1. The van der Waals surface area contributed by atoms with Crippen molar-refractivity contribution in [1.29, 1.82) is 0 Å². The highest BCUT2D eigenvalue weighted by Crippen LogP contribution is 2.28. The number of hydrogen-bond acceptors (Lipinski definition) is 2. The molecule has 3 heteroatoms. The van der Waals surface area contributed by atoms with Gasteiger partial charge in [-0.25, -0.2) is 0 Å². The van der Waals surface area contributed by atoms with Gasteiger partial charge in [-0.3, -0.25) is 0 Å². The zero-order chi connectivity index (χ0) is 9.26. The predicted molar refractivity (Wildman–Crippen MR) is 55.3 cm³/mol. The molecule has 2 nitrogen and oxygen atoms in total. The Morgan fingerprint density at radius 2 is 2.38 bits per heavy atom. The average molecular weight is 242 g/mol. The van der Waals surface area contributed by atoms with E-state index in [2.05, 4.69) is 46.5 Å². The molecule has 0 aliphatic carbocycles. The zero-order valence-corrected chi connectivity index (χ0v) is 9.10. The van der Waals surface area contributed by atoms with E-state index in [1.54, 1.807) is 0 Å². The number of hydrogen-bond donors (Lipinski definition) is 1. The number of aryl methyl sites for hydroxylation is 1. The van der Waals surface area contributed by atoms with E-state index >= 15 is 0 Å². The first-order chi connectivity index (χ1) is 6.27. The Labute approximate surface area is 86.4 Å². The van der Waals surface area contributed by atoms with E-state index in [1.165, 1.54) is 11.1 Å². The summed E-state index contributed by atoms with van der Waals surface area (Å²) in [4.78, 5) is 5.13. The van der Waals surface area contributed by atoms with Gasteiger partial charge in [0.05, 0.1) is 12.6 Å². The maximum atomic E-state index is 5.13. The molecule has 1 aromatic rings. The predicted octanol–water partition coefficient (Wildman–Crippen LogP) is 2.72. The quantitative estimate of drug-likeness (QED) is 0.817. The van der Waals surface area contributed by atoms with Gasteiger partial charge >= 0.3 is 0 Å². The summed E-state index contributed by atoms with van der Waals surface area (Å²) in [5.41, 5.74) is 5.56. The Kier molecular flexibility index (Phi) is 2.67. The molecule has 0 saturated carbocycles. The van der Waals surface area contributed by atoms with E-state index in [0.717, 1.165) is 17.5 Å². The van der Waals surface area contributed by atoms with Crippen LogP contribution >= 0.6 is 15.9 Å². The lowest BCUT2D eigenvalue weighted by Crippen LogP contribution is -2.11. The Morgan fingerprint density at radius 1 is 1.54 bits per heavy atom. The van der Waals surface area contributed by atoms with Gasteiger partial charge in [-0.05, 0) is 30.5 Å². The number of benzene rings is 1. The molecular weight excluding hydrogens is 230 g/mol. The van der Waals surface area contributed by atoms with E-state index in [-0.39, 0.29) is 0 Å². The lowest BCUT2D eigenvalue weighted by Gasteiger charge is -2.11. The Hall–Kier alpha value is -0.380. The van der Waals surface area contributed by atoms with Crippen LogP contribution in [0.1, 0.15) is 23.6 Å². The summed E-state index contributed by atoms with van der Waals surface area (Å²) in [6.45, 7) is 2.89. The average Bonchev–Trinajstić information content (AvgIpc) is 2.56. The summed E-state index contributed by atoms with van der Waals surface area (Å²) in [6, 6.07) is 6.75. The van der Waals surface area contributed by atoms with Gasteiger partial charge in [0.2, 0.25) is 0 Å². The lowest BCUT2D eigenvalue weighted by atomic mass is 10.0. The monoisotopic (exact) mass is 241 g/mol. The SMILES string of the molecule is Cc1ccc(C2CCON2)c(Br)c1. The van der Waals surface area contributed by atoms with Crippen molar-refractivity contribution in [3.63, 3.8) is 0 Å². The minimum Gasteiger partial charge on any atom is -0.301 e. The van der Waals surface area contributed by atoms with Crippen LogP contribution in [0.2, 0.25) is 0 Å². The van der Waals surface area contributed by atoms with Crippen molar-refractivity contribution in [3.8, 4) is 0 Å². The van der Waals surface area contributed by atoms with Gasteiger partial charge in [-0.2, -0.15) is 5.48 Å². The van der Waals surface area contributed by atoms with E-state index < -0.39 is 0 Å². The molecule has 0 amide bonds. The summed E-state index contributed by atoms with van der Waals surface area (Å²) < 4.78 is 1.16. The van der Waals surface area contributed by atoms with Crippen LogP contribution in [-0.4, -0.2) is 6.61 Å². The molecule has 1 saturated heterocycles. The van der Waals surface area contributed by atoms with Gasteiger partial charge in [-0.1, -0.05) is 28.1 Å². The van der Waals surface area contributed by atoms with Crippen LogP contribution < -0.4 is 5.48 Å². The van der Waals surface area contributed by atoms with Crippen molar-refractivity contribution in [2.75, 3.05) is 6.61 Å². The molecular formula is C10H12BrNO. The smallest absolute Gasteiger partial charge is 0.0701 e. The van der Waals surface area contributed by atoms with Crippen LogP contribution in [0.25, 0.3) is 0 Å². The second-order valence-electron chi connectivity index (χ2n) is 3.33. The van der Waals surface area contributed by atoms with E-state index in [4.69, 9.17) is 4.84 Å². The van der Waals surface area contributed by atoms with Crippen LogP contribution in [0.4, 0.5) is 0 Å². The normalized spacial score (nSPS) is 22.2. The molecule has 1 N–H and O–H groups in total. The summed E-state index contributed by atoms with van der Waals surface area (Å²) >= 11 is 3.56. The van der Waals surface area contributed by atoms with Gasteiger partial charge in [0.15, 0.2) is 0 Å². The van der Waals surface area contributed by atoms with Crippen molar-refractivity contribution in [2.45, 2.75) is 19.4 Å². The van der Waals surface area contributed by atoms with E-state index in [0.29, 0.717) is 6.04 Å². The standard InChI is InChI=1S/C10H12BrNO/c1-7-2-3-8(9(11)6-7)10-4-5-13-12-10/h2-3,6,10,12H,4-5H2,1H3. The Morgan fingerprint density at radius 3 is 3.00 bits per heavy atom. The summed E-state index contributed by atoms with van der Waals surface area (Å²) in [5, 5.41) is 0. The lowest BCUT2D eigenvalue weighted by molar-refractivity contribution is 0.0882. The van der Waals surface area contributed by atoms with Gasteiger partial charge in [0.1, 0.15) is 0 Å². The first kappa shape index (κ1) is 9.19. The molecule has 1 unspecified atom stereocenters. The van der Waals surface area contributed by atoms with Crippen LogP contribution in [0, 0.1) is 6.92 Å². The fraction of sp³-hybridized carbons (Fsp3) is 0.400. The van der Waals surface area contributed by atoms with Gasteiger partial charge in [0.25, 0.3) is 0 Å². The third-order valence-electron chi connectivity index (χ3n) is 2.27. The molecule has 2 rings (SSSR count). The molecule has 13 heavy (non-hydrogen) atoms. The topological polar surface area (TPSA) is 21.3 Å². The largest absolute Gasteiger partial charge is 0.301 e. The zero-order valence-electron chi connectivity index (χ0n) is 7.51. The maximum Gasteiger partial charge on any atom is 0.0701 e. The van der Waals surface area contributed by atoms with Crippen LogP contribution in [0.3, 0.4) is 0 Å². The van der Waals surface area contributed by atoms with Gasteiger partial charge in [0, 0.05) is 4.47 Å². The Bertz CT molecular complexity index is 308. The van der Waals surface area contributed by atoms with Crippen LogP contribution in [-0.2, 0) is 4.84 Å². The van der Waals surface area contributed by atoms with Crippen molar-refractivity contribution in [2.24, 2.45) is 0 Å². The van der Waals surface area contributed by atoms with E-state index in [9.17, 15) is 0 Å². The first-order valence-corrected chi connectivity index (χ1v) is 5.20. The fourth-order valence-corrected chi connectivity index (χ4v) is 2.30. The number of hydroxylamine groups is 1. The highest BCUT2D eigenvalue weighted by molar-refractivity contribution is 9.10. The molecule has 70 valence electrons. The first-order valence-electron chi connectivity index (χ1n) is 4.41. The van der Waals surface area contributed by atoms with Gasteiger partial charge < -0.3 is 4.84 Å². The highest BCUT2D eigenvalue weighted by atomic mass is 79.9. The molecule has 0 aromatic heterocycles. The Balaban J connectivity index is 2.29. The molecule has 0 spiro atoms. The molecule has 1 aliphatic rings. The summed E-state index contributed by atoms with van der Waals surface area (Å²) in [5.74, 6) is 0. The van der Waals surface area contributed by atoms with Gasteiger partial charge in [-0.15, -0.1) is 0 Å². The third-order valence-corrected chi connectivity index (χ3v) is 2.95. The highest BCUT2D eigenvalue weighted by Gasteiger charge is 2.18. The van der Waals surface area contributed by atoms with Crippen molar-refractivity contribution < 1.29 is 4.84 Å². The van der Waals surface area contributed by atoms with Crippen molar-refractivity contribution in [1.82, 2.24) is 5.48 Å². The number of rotatable bonds is 1. The molecule has 1 aliphatic heterocycles. The van der Waals surface area contributed by atoms with Crippen molar-refractivity contribution in [3.05, 3.63) is 33.8 Å². The molecule has 1 aromatic carbocycles. The summed E-state index contributed by atoms with van der Waals surface area (Å²) in [7, 11) is 0. The second-order valence-corrected chi connectivity index (χ2v) is 4.19. The molecule has 1 atom stereocenters. The van der Waals surface area contributed by atoms with Crippen LogP contribution in [0.5, 0.6) is 0 Å². The third kappa shape index (κ3) is 1.93. The minimum absolute atomic E-state index is 0.343. The summed E-state index contributed by atoms with van der Waals surface area (Å²) in [6.07, 6.45) is 1.04. The molecule has 1 heterocycles. The number of halogens is 1. The fourth-order valence-electron chi connectivity index (χ4n) is 1.53. The van der Waals surface area contributed by atoms with E-state index in [1.807, 2.05) is 0 Å². The maximum absolute atomic E-state index is 5.13.